The van der Waals surface area contributed by atoms with Gasteiger partial charge in [-0.05, 0) is 19.1 Å². The van der Waals surface area contributed by atoms with Crippen molar-refractivity contribution in [3.8, 4) is 11.6 Å². The molecule has 104 valence electrons. The Morgan fingerprint density at radius 3 is 2.90 bits per heavy atom. The number of carbonyl (C=O) groups excluding carboxylic acids is 1. The van der Waals surface area contributed by atoms with Gasteiger partial charge in [-0.1, -0.05) is 24.3 Å². The summed E-state index contributed by atoms with van der Waals surface area (Å²) in [5, 5.41) is 6.95. The van der Waals surface area contributed by atoms with Gasteiger partial charge >= 0.3 is 0 Å². The summed E-state index contributed by atoms with van der Waals surface area (Å²) in [6.07, 6.45) is 2.81. The Kier molecular flexibility index (Phi) is 4.55. The molecule has 1 aromatic heterocycles. The molecule has 0 spiro atoms. The van der Waals surface area contributed by atoms with Crippen LogP contribution in [0.1, 0.15) is 6.92 Å². The van der Waals surface area contributed by atoms with Gasteiger partial charge in [0.05, 0.1) is 5.69 Å². The van der Waals surface area contributed by atoms with Crippen molar-refractivity contribution in [2.75, 3.05) is 6.54 Å². The molecule has 5 heteroatoms. The van der Waals surface area contributed by atoms with E-state index in [-0.39, 0.29) is 5.91 Å². The average molecular weight is 271 g/mol. The van der Waals surface area contributed by atoms with E-state index in [1.807, 2.05) is 30.3 Å². The molecular weight excluding hydrogens is 254 g/mol. The zero-order valence-electron chi connectivity index (χ0n) is 11.3. The van der Waals surface area contributed by atoms with E-state index in [1.165, 1.54) is 0 Å². The van der Waals surface area contributed by atoms with E-state index >= 15 is 0 Å². The van der Waals surface area contributed by atoms with Crippen molar-refractivity contribution in [3.05, 3.63) is 55.3 Å². The molecule has 0 aliphatic heterocycles. The predicted molar refractivity (Wildman–Crippen MR) is 76.9 cm³/mol. The molecule has 0 bridgehead atoms. The summed E-state index contributed by atoms with van der Waals surface area (Å²) in [6, 6.07) is 11.4. The van der Waals surface area contributed by atoms with Crippen molar-refractivity contribution in [2.45, 2.75) is 13.0 Å². The van der Waals surface area contributed by atoms with Crippen molar-refractivity contribution < 1.29 is 9.53 Å². The second-order valence-corrected chi connectivity index (χ2v) is 4.23. The van der Waals surface area contributed by atoms with Crippen LogP contribution in [0.25, 0.3) is 5.69 Å². The van der Waals surface area contributed by atoms with Gasteiger partial charge in [0.15, 0.2) is 6.10 Å². The Balaban J connectivity index is 1.99. The van der Waals surface area contributed by atoms with Crippen LogP contribution in [-0.4, -0.2) is 28.3 Å². The fourth-order valence-electron chi connectivity index (χ4n) is 1.65. The summed E-state index contributed by atoms with van der Waals surface area (Å²) in [7, 11) is 0. The maximum atomic E-state index is 11.7. The number of ether oxygens (including phenoxy) is 1. The zero-order chi connectivity index (χ0) is 14.4. The Hall–Kier alpha value is -2.56. The predicted octanol–water partition coefficient (Wildman–Crippen LogP) is 1.94. The fourth-order valence-corrected chi connectivity index (χ4v) is 1.65. The number of carbonyl (C=O) groups is 1. The van der Waals surface area contributed by atoms with E-state index in [9.17, 15) is 4.79 Å². The van der Waals surface area contributed by atoms with Crippen molar-refractivity contribution >= 4 is 5.91 Å². The first kappa shape index (κ1) is 13.9. The molecule has 0 saturated carbocycles. The van der Waals surface area contributed by atoms with Crippen LogP contribution in [0.3, 0.4) is 0 Å². The Morgan fingerprint density at radius 1 is 1.45 bits per heavy atom. The molecule has 0 saturated heterocycles. The number of para-hydroxylation sites is 1. The minimum atomic E-state index is -0.603. The topological polar surface area (TPSA) is 56.1 Å². The molecule has 0 aliphatic carbocycles. The molecule has 0 unspecified atom stereocenters. The highest BCUT2D eigenvalue weighted by atomic mass is 16.5. The van der Waals surface area contributed by atoms with Gasteiger partial charge < -0.3 is 10.1 Å². The first-order valence-corrected chi connectivity index (χ1v) is 6.37. The fraction of sp³-hybridized carbons (Fsp3) is 0.200. The summed E-state index contributed by atoms with van der Waals surface area (Å²) < 4.78 is 7.20. The number of benzene rings is 1. The van der Waals surface area contributed by atoms with E-state index in [2.05, 4.69) is 17.0 Å². The minimum Gasteiger partial charge on any atom is -0.463 e. The molecule has 2 aromatic rings. The molecule has 1 amide bonds. The summed E-state index contributed by atoms with van der Waals surface area (Å²) in [6.45, 7) is 5.64. The SMILES string of the molecule is C=CCNC(=O)[C@H](C)Oc1ccn(-c2ccccc2)n1. The summed E-state index contributed by atoms with van der Waals surface area (Å²) in [5.74, 6) is 0.217. The molecule has 1 aromatic carbocycles. The third-order valence-electron chi connectivity index (χ3n) is 2.67. The lowest BCUT2D eigenvalue weighted by Gasteiger charge is -2.11. The van der Waals surface area contributed by atoms with Crippen molar-refractivity contribution in [1.29, 1.82) is 0 Å². The lowest BCUT2D eigenvalue weighted by molar-refractivity contribution is -0.127. The third kappa shape index (κ3) is 3.47. The average Bonchev–Trinajstić information content (AvgIpc) is 2.94. The van der Waals surface area contributed by atoms with Gasteiger partial charge in [-0.2, -0.15) is 0 Å². The van der Waals surface area contributed by atoms with Gasteiger partial charge in [-0.15, -0.1) is 11.7 Å². The van der Waals surface area contributed by atoms with Gasteiger partial charge in [0, 0.05) is 18.8 Å². The molecule has 20 heavy (non-hydrogen) atoms. The highest BCUT2D eigenvalue weighted by Crippen LogP contribution is 2.12. The van der Waals surface area contributed by atoms with Gasteiger partial charge in [-0.3, -0.25) is 4.79 Å². The highest BCUT2D eigenvalue weighted by Gasteiger charge is 2.15. The largest absolute Gasteiger partial charge is 0.463 e. The first-order valence-electron chi connectivity index (χ1n) is 6.37. The Bertz CT molecular complexity index is 578. The van der Waals surface area contributed by atoms with E-state index in [4.69, 9.17) is 4.74 Å². The lowest BCUT2D eigenvalue weighted by atomic mass is 10.3. The molecule has 1 atom stereocenters. The highest BCUT2D eigenvalue weighted by molar-refractivity contribution is 5.80. The van der Waals surface area contributed by atoms with Crippen LogP contribution in [0.15, 0.2) is 55.3 Å². The van der Waals surface area contributed by atoms with Crippen molar-refractivity contribution in [3.63, 3.8) is 0 Å². The zero-order valence-corrected chi connectivity index (χ0v) is 11.3. The monoisotopic (exact) mass is 271 g/mol. The van der Waals surface area contributed by atoms with Gasteiger partial charge in [0.25, 0.3) is 5.91 Å². The molecule has 0 aliphatic rings. The number of amides is 1. The third-order valence-corrected chi connectivity index (χ3v) is 2.67. The van der Waals surface area contributed by atoms with Gasteiger partial charge in [0.2, 0.25) is 5.88 Å². The minimum absolute atomic E-state index is 0.195. The molecule has 1 heterocycles. The van der Waals surface area contributed by atoms with E-state index in [0.29, 0.717) is 12.4 Å². The summed E-state index contributed by atoms with van der Waals surface area (Å²) in [4.78, 5) is 11.7. The van der Waals surface area contributed by atoms with Crippen LogP contribution in [0.5, 0.6) is 5.88 Å². The second kappa shape index (κ2) is 6.56. The maximum Gasteiger partial charge on any atom is 0.261 e. The smallest absolute Gasteiger partial charge is 0.261 e. The van der Waals surface area contributed by atoms with Crippen molar-refractivity contribution in [2.24, 2.45) is 0 Å². The number of rotatable bonds is 6. The van der Waals surface area contributed by atoms with Gasteiger partial charge in [0.1, 0.15) is 0 Å². The summed E-state index contributed by atoms with van der Waals surface area (Å²) in [5.41, 5.74) is 0.936. The number of hydrogen-bond acceptors (Lipinski definition) is 3. The van der Waals surface area contributed by atoms with Crippen LogP contribution >= 0.6 is 0 Å². The first-order chi connectivity index (χ1) is 9.70. The quantitative estimate of drug-likeness (QED) is 0.817. The number of aromatic nitrogens is 2. The molecule has 0 fully saturated rings. The normalized spacial score (nSPS) is 11.7. The van der Waals surface area contributed by atoms with Crippen LogP contribution < -0.4 is 10.1 Å². The standard InChI is InChI=1S/C15H17N3O2/c1-3-10-16-15(19)12(2)20-14-9-11-18(17-14)13-7-5-4-6-8-13/h3-9,11-12H,1,10H2,2H3,(H,16,19)/t12-/m0/s1. The number of nitrogens with zero attached hydrogens (tertiary/aromatic N) is 2. The van der Waals surface area contributed by atoms with Crippen LogP contribution in [0.2, 0.25) is 0 Å². The number of nitrogens with one attached hydrogen (secondary N) is 1. The molecule has 2 rings (SSSR count). The molecule has 0 radical (unpaired) electrons. The van der Waals surface area contributed by atoms with E-state index in [0.717, 1.165) is 5.69 Å². The molecule has 1 N–H and O–H groups in total. The van der Waals surface area contributed by atoms with Gasteiger partial charge in [-0.25, -0.2) is 4.68 Å². The molecule has 5 nitrogen and oxygen atoms in total. The molecular formula is C15H17N3O2. The van der Waals surface area contributed by atoms with Crippen LogP contribution in [0.4, 0.5) is 0 Å². The van der Waals surface area contributed by atoms with E-state index in [1.54, 1.807) is 29.9 Å². The van der Waals surface area contributed by atoms with Crippen molar-refractivity contribution in [1.82, 2.24) is 15.1 Å². The lowest BCUT2D eigenvalue weighted by Crippen LogP contribution is -2.36. The maximum absolute atomic E-state index is 11.7. The second-order valence-electron chi connectivity index (χ2n) is 4.23. The van der Waals surface area contributed by atoms with Crippen LogP contribution in [-0.2, 0) is 4.79 Å². The number of hydrogen-bond donors (Lipinski definition) is 1. The summed E-state index contributed by atoms with van der Waals surface area (Å²) >= 11 is 0. The Labute approximate surface area is 117 Å². The Morgan fingerprint density at radius 2 is 2.20 bits per heavy atom. The van der Waals surface area contributed by atoms with Crippen LogP contribution in [0, 0.1) is 0 Å². The van der Waals surface area contributed by atoms with E-state index < -0.39 is 6.10 Å².